The molecule has 2 atom stereocenters. The minimum Gasteiger partial charge on any atom is -0.320 e. The molecule has 0 aliphatic carbocycles. The van der Waals surface area contributed by atoms with Crippen LogP contribution in [0.4, 0.5) is 0 Å². The Hall–Kier alpha value is -0.860. The minimum atomic E-state index is -0.214. The van der Waals surface area contributed by atoms with E-state index in [1.54, 1.807) is 0 Å². The first kappa shape index (κ1) is 15.5. The van der Waals surface area contributed by atoms with Crippen LogP contribution >= 0.6 is 0 Å². The summed E-state index contributed by atoms with van der Waals surface area (Å²) in [6.07, 6.45) is 7.50. The predicted molar refractivity (Wildman–Crippen MR) is 86.7 cm³/mol. The summed E-state index contributed by atoms with van der Waals surface area (Å²) < 4.78 is 0. The van der Waals surface area contributed by atoms with E-state index in [-0.39, 0.29) is 5.54 Å². The first-order valence-corrected chi connectivity index (χ1v) is 8.27. The van der Waals surface area contributed by atoms with Gasteiger partial charge >= 0.3 is 0 Å². The van der Waals surface area contributed by atoms with Crippen molar-refractivity contribution in [2.45, 2.75) is 64.0 Å². The van der Waals surface area contributed by atoms with Crippen molar-refractivity contribution in [3.05, 3.63) is 35.9 Å². The van der Waals surface area contributed by atoms with E-state index in [0.717, 1.165) is 6.42 Å². The Morgan fingerprint density at radius 2 is 1.80 bits per heavy atom. The Labute approximate surface area is 124 Å². The van der Waals surface area contributed by atoms with Crippen molar-refractivity contribution in [2.24, 2.45) is 5.73 Å². The van der Waals surface area contributed by atoms with Crippen LogP contribution in [0.2, 0.25) is 0 Å². The van der Waals surface area contributed by atoms with Gasteiger partial charge in [0.1, 0.15) is 0 Å². The first-order valence-electron chi connectivity index (χ1n) is 8.27. The lowest BCUT2D eigenvalue weighted by molar-refractivity contribution is 0.102. The first-order chi connectivity index (χ1) is 9.68. The molecule has 0 radical (unpaired) electrons. The third kappa shape index (κ3) is 3.42. The maximum absolute atomic E-state index is 6.94. The standard InChI is InChI=1S/C18H30N2/c1-3-4-13-18(19,17-11-7-5-8-12-17)16(2)20-14-9-6-10-15-20/h5,7-8,11-12,16H,3-4,6,9-10,13-15,19H2,1-2H3. The van der Waals surface area contributed by atoms with Gasteiger partial charge in [-0.25, -0.2) is 0 Å². The van der Waals surface area contributed by atoms with Crippen LogP contribution in [0.5, 0.6) is 0 Å². The fourth-order valence-corrected chi connectivity index (χ4v) is 3.44. The molecule has 1 aliphatic rings. The quantitative estimate of drug-likeness (QED) is 0.852. The molecule has 20 heavy (non-hydrogen) atoms. The number of benzene rings is 1. The van der Waals surface area contributed by atoms with Crippen LogP contribution in [0.1, 0.15) is 57.9 Å². The van der Waals surface area contributed by atoms with E-state index in [4.69, 9.17) is 5.73 Å². The van der Waals surface area contributed by atoms with Gasteiger partial charge in [-0.3, -0.25) is 4.90 Å². The Morgan fingerprint density at radius 1 is 1.15 bits per heavy atom. The number of likely N-dealkylation sites (tertiary alicyclic amines) is 1. The summed E-state index contributed by atoms with van der Waals surface area (Å²) in [4.78, 5) is 2.60. The third-order valence-corrected chi connectivity index (χ3v) is 4.94. The van der Waals surface area contributed by atoms with Gasteiger partial charge in [-0.05, 0) is 44.8 Å². The molecule has 0 bridgehead atoms. The molecule has 2 rings (SSSR count). The van der Waals surface area contributed by atoms with Crippen molar-refractivity contribution >= 4 is 0 Å². The Kier molecular flexibility index (Phi) is 5.62. The van der Waals surface area contributed by atoms with Gasteiger partial charge in [0.05, 0.1) is 5.54 Å². The molecule has 2 heteroatoms. The lowest BCUT2D eigenvalue weighted by Crippen LogP contribution is -2.55. The van der Waals surface area contributed by atoms with Crippen molar-refractivity contribution in [3.63, 3.8) is 0 Å². The van der Waals surface area contributed by atoms with Gasteiger partial charge in [0, 0.05) is 6.04 Å². The molecule has 2 nitrogen and oxygen atoms in total. The highest BCUT2D eigenvalue weighted by molar-refractivity contribution is 5.26. The fourth-order valence-electron chi connectivity index (χ4n) is 3.44. The molecule has 112 valence electrons. The molecule has 0 aromatic heterocycles. The smallest absolute Gasteiger partial charge is 0.0564 e. The number of rotatable bonds is 6. The largest absolute Gasteiger partial charge is 0.320 e. The van der Waals surface area contributed by atoms with E-state index in [2.05, 4.69) is 49.1 Å². The second-order valence-electron chi connectivity index (χ2n) is 6.28. The Balaban J connectivity index is 2.21. The van der Waals surface area contributed by atoms with Crippen LogP contribution in [0.25, 0.3) is 0 Å². The molecule has 1 heterocycles. The average Bonchev–Trinajstić information content (AvgIpc) is 2.53. The van der Waals surface area contributed by atoms with Gasteiger partial charge < -0.3 is 5.73 Å². The Bertz CT molecular complexity index is 384. The van der Waals surface area contributed by atoms with Crippen LogP contribution in [0.3, 0.4) is 0 Å². The van der Waals surface area contributed by atoms with E-state index in [0.29, 0.717) is 6.04 Å². The topological polar surface area (TPSA) is 29.3 Å². The normalized spacial score (nSPS) is 21.4. The summed E-state index contributed by atoms with van der Waals surface area (Å²) in [6, 6.07) is 11.1. The number of nitrogens with zero attached hydrogens (tertiary/aromatic N) is 1. The SMILES string of the molecule is CCCCC(N)(c1ccccc1)C(C)N1CCCCC1. The van der Waals surface area contributed by atoms with Crippen molar-refractivity contribution in [1.29, 1.82) is 0 Å². The van der Waals surface area contributed by atoms with E-state index < -0.39 is 0 Å². The van der Waals surface area contributed by atoms with E-state index in [9.17, 15) is 0 Å². The fraction of sp³-hybridized carbons (Fsp3) is 0.667. The summed E-state index contributed by atoms with van der Waals surface area (Å²) in [7, 11) is 0. The van der Waals surface area contributed by atoms with Gasteiger partial charge in [0.15, 0.2) is 0 Å². The second-order valence-corrected chi connectivity index (χ2v) is 6.28. The molecule has 1 aromatic carbocycles. The highest BCUT2D eigenvalue weighted by atomic mass is 15.2. The predicted octanol–water partition coefficient (Wildman–Crippen LogP) is 3.91. The highest BCUT2D eigenvalue weighted by Gasteiger charge is 2.36. The number of nitrogens with two attached hydrogens (primary N) is 1. The molecule has 2 unspecified atom stereocenters. The van der Waals surface area contributed by atoms with Gasteiger partial charge in [-0.2, -0.15) is 0 Å². The number of hydrogen-bond acceptors (Lipinski definition) is 2. The van der Waals surface area contributed by atoms with Crippen LogP contribution in [-0.2, 0) is 5.54 Å². The lowest BCUT2D eigenvalue weighted by Gasteiger charge is -2.44. The van der Waals surface area contributed by atoms with E-state index >= 15 is 0 Å². The van der Waals surface area contributed by atoms with Crippen molar-refractivity contribution in [1.82, 2.24) is 4.90 Å². The van der Waals surface area contributed by atoms with Crippen molar-refractivity contribution < 1.29 is 0 Å². The molecule has 0 amide bonds. The molecule has 1 fully saturated rings. The zero-order valence-electron chi connectivity index (χ0n) is 13.1. The van der Waals surface area contributed by atoms with Crippen LogP contribution in [0, 0.1) is 0 Å². The lowest BCUT2D eigenvalue weighted by atomic mass is 9.79. The van der Waals surface area contributed by atoms with Gasteiger partial charge in [-0.1, -0.05) is 56.5 Å². The molecule has 0 saturated carbocycles. The number of unbranched alkanes of at least 4 members (excludes halogenated alkanes) is 1. The van der Waals surface area contributed by atoms with Crippen LogP contribution in [0.15, 0.2) is 30.3 Å². The zero-order valence-corrected chi connectivity index (χ0v) is 13.1. The minimum absolute atomic E-state index is 0.214. The molecule has 2 N–H and O–H groups in total. The molecular formula is C18H30N2. The number of hydrogen-bond donors (Lipinski definition) is 1. The Morgan fingerprint density at radius 3 is 2.40 bits per heavy atom. The summed E-state index contributed by atoms with van der Waals surface area (Å²) >= 11 is 0. The monoisotopic (exact) mass is 274 g/mol. The van der Waals surface area contributed by atoms with Crippen LogP contribution < -0.4 is 5.73 Å². The average molecular weight is 274 g/mol. The summed E-state index contributed by atoms with van der Waals surface area (Å²) in [5, 5.41) is 0. The second kappa shape index (κ2) is 7.24. The van der Waals surface area contributed by atoms with Crippen molar-refractivity contribution in [2.75, 3.05) is 13.1 Å². The van der Waals surface area contributed by atoms with Gasteiger partial charge in [0.2, 0.25) is 0 Å². The molecular weight excluding hydrogens is 244 g/mol. The third-order valence-electron chi connectivity index (χ3n) is 4.94. The highest BCUT2D eigenvalue weighted by Crippen LogP contribution is 2.32. The molecule has 0 spiro atoms. The zero-order chi connectivity index (χ0) is 14.4. The van der Waals surface area contributed by atoms with E-state index in [1.807, 2.05) is 0 Å². The summed E-state index contributed by atoms with van der Waals surface area (Å²) in [5.41, 5.74) is 8.02. The number of piperidine rings is 1. The maximum atomic E-state index is 6.94. The molecule has 1 aliphatic heterocycles. The molecule has 1 aromatic rings. The van der Waals surface area contributed by atoms with E-state index in [1.165, 1.54) is 50.8 Å². The van der Waals surface area contributed by atoms with Gasteiger partial charge in [-0.15, -0.1) is 0 Å². The van der Waals surface area contributed by atoms with Crippen molar-refractivity contribution in [3.8, 4) is 0 Å². The summed E-state index contributed by atoms with van der Waals surface area (Å²) in [6.45, 7) is 6.99. The summed E-state index contributed by atoms with van der Waals surface area (Å²) in [5.74, 6) is 0. The molecule has 1 saturated heterocycles. The van der Waals surface area contributed by atoms with Gasteiger partial charge in [0.25, 0.3) is 0 Å². The maximum Gasteiger partial charge on any atom is 0.0564 e. The van der Waals surface area contributed by atoms with Crippen LogP contribution in [-0.4, -0.2) is 24.0 Å².